The molecule has 2 rings (SSSR count). The number of nitro benzene ring substituents is 1. The average Bonchev–Trinajstić information content (AvgIpc) is 3.18. The molecular formula is C11H9Cl2NO6S. The van der Waals surface area contributed by atoms with Crippen LogP contribution in [0.5, 0.6) is 0 Å². The van der Waals surface area contributed by atoms with Gasteiger partial charge in [0, 0.05) is 16.7 Å². The molecule has 0 saturated heterocycles. The third-order valence-electron chi connectivity index (χ3n) is 2.86. The predicted molar refractivity (Wildman–Crippen MR) is 74.2 cm³/mol. The summed E-state index contributed by atoms with van der Waals surface area (Å²) in [6.07, 6.45) is 1.91. The van der Waals surface area contributed by atoms with Crippen LogP contribution < -0.4 is 0 Å². The number of hydrogen-bond acceptors (Lipinski definition) is 6. The lowest BCUT2D eigenvalue weighted by Gasteiger charge is -2.07. The van der Waals surface area contributed by atoms with Gasteiger partial charge >= 0.3 is 5.97 Å². The minimum atomic E-state index is -4.34. The van der Waals surface area contributed by atoms with Crippen LogP contribution in [0.2, 0.25) is 5.02 Å². The summed E-state index contributed by atoms with van der Waals surface area (Å²) in [4.78, 5) is 21.1. The summed E-state index contributed by atoms with van der Waals surface area (Å²) in [5.41, 5.74) is -1.01. The fourth-order valence-corrected chi connectivity index (χ4v) is 3.13. The van der Waals surface area contributed by atoms with Crippen molar-refractivity contribution in [2.75, 3.05) is 6.61 Å². The molecule has 0 unspecified atom stereocenters. The zero-order valence-electron chi connectivity index (χ0n) is 10.4. The van der Waals surface area contributed by atoms with E-state index in [1.54, 1.807) is 0 Å². The zero-order valence-corrected chi connectivity index (χ0v) is 12.7. The summed E-state index contributed by atoms with van der Waals surface area (Å²) in [6, 6.07) is 1.73. The molecule has 114 valence electrons. The first kappa shape index (κ1) is 16.0. The molecule has 0 atom stereocenters. The summed E-state index contributed by atoms with van der Waals surface area (Å²) in [6.45, 7) is 0.193. The first-order valence-electron chi connectivity index (χ1n) is 5.80. The van der Waals surface area contributed by atoms with Crippen molar-refractivity contribution in [1.29, 1.82) is 0 Å². The molecule has 0 aliphatic heterocycles. The van der Waals surface area contributed by atoms with Crippen molar-refractivity contribution < 1.29 is 22.9 Å². The van der Waals surface area contributed by atoms with E-state index in [1.807, 2.05) is 0 Å². The van der Waals surface area contributed by atoms with Gasteiger partial charge in [-0.05, 0) is 24.8 Å². The van der Waals surface area contributed by atoms with E-state index in [4.69, 9.17) is 27.0 Å². The van der Waals surface area contributed by atoms with Gasteiger partial charge in [0.25, 0.3) is 14.7 Å². The number of esters is 1. The number of hydrogen-bond donors (Lipinski definition) is 0. The molecule has 0 radical (unpaired) electrons. The van der Waals surface area contributed by atoms with E-state index in [-0.39, 0.29) is 12.2 Å². The first-order valence-corrected chi connectivity index (χ1v) is 8.48. The smallest absolute Gasteiger partial charge is 0.338 e. The highest BCUT2D eigenvalue weighted by Gasteiger charge is 2.28. The Balaban J connectivity index is 2.43. The van der Waals surface area contributed by atoms with Gasteiger partial charge in [-0.15, -0.1) is 0 Å². The fourth-order valence-electron chi connectivity index (χ4n) is 1.57. The fraction of sp³-hybridized carbons (Fsp3) is 0.364. The maximum Gasteiger partial charge on any atom is 0.338 e. The molecule has 0 aromatic heterocycles. The van der Waals surface area contributed by atoms with Crippen LogP contribution in [0.15, 0.2) is 17.0 Å². The number of nitrogens with zero attached hydrogens (tertiary/aromatic N) is 1. The minimum absolute atomic E-state index is 0.193. The van der Waals surface area contributed by atoms with Gasteiger partial charge in [-0.2, -0.15) is 0 Å². The molecule has 7 nitrogen and oxygen atoms in total. The van der Waals surface area contributed by atoms with Crippen LogP contribution >= 0.6 is 22.3 Å². The zero-order chi connectivity index (χ0) is 15.8. The molecule has 1 saturated carbocycles. The Kier molecular flexibility index (Phi) is 4.40. The molecule has 0 bridgehead atoms. The monoisotopic (exact) mass is 353 g/mol. The number of carbonyl (C=O) groups is 1. The summed E-state index contributed by atoms with van der Waals surface area (Å²) in [5.74, 6) is -0.560. The van der Waals surface area contributed by atoms with Crippen LogP contribution in [0.4, 0.5) is 5.69 Å². The Labute approximate surface area is 129 Å². The third-order valence-corrected chi connectivity index (χ3v) is 4.72. The van der Waals surface area contributed by atoms with E-state index < -0.39 is 35.5 Å². The van der Waals surface area contributed by atoms with Crippen LogP contribution in [0.25, 0.3) is 0 Å². The van der Waals surface area contributed by atoms with Crippen molar-refractivity contribution in [2.24, 2.45) is 5.92 Å². The standard InChI is InChI=1S/C11H9Cl2NO6S/c12-10-8(14(16)17)3-7(4-9(10)21(13,18)19)11(15)20-5-6-1-2-6/h3-4,6H,1-2,5H2. The summed E-state index contributed by atoms with van der Waals surface area (Å²) in [7, 11) is 0.831. The molecule has 0 spiro atoms. The van der Waals surface area contributed by atoms with Crippen molar-refractivity contribution >= 4 is 43.0 Å². The summed E-state index contributed by atoms with van der Waals surface area (Å²) < 4.78 is 27.7. The molecule has 1 fully saturated rings. The Hall–Kier alpha value is -1.38. The van der Waals surface area contributed by atoms with Gasteiger partial charge in [0.1, 0.15) is 9.92 Å². The molecule has 21 heavy (non-hydrogen) atoms. The maximum absolute atomic E-state index is 11.8. The lowest BCUT2D eigenvalue weighted by molar-refractivity contribution is -0.384. The van der Waals surface area contributed by atoms with E-state index in [0.717, 1.165) is 25.0 Å². The second-order valence-electron chi connectivity index (χ2n) is 4.54. The van der Waals surface area contributed by atoms with E-state index in [2.05, 4.69) is 0 Å². The van der Waals surface area contributed by atoms with Gasteiger partial charge in [0.05, 0.1) is 17.1 Å². The molecule has 10 heteroatoms. The van der Waals surface area contributed by atoms with Crippen molar-refractivity contribution in [3.63, 3.8) is 0 Å². The molecule has 1 aromatic rings. The van der Waals surface area contributed by atoms with Crippen LogP contribution in [0.3, 0.4) is 0 Å². The van der Waals surface area contributed by atoms with Gasteiger partial charge < -0.3 is 4.74 Å². The molecule has 0 N–H and O–H groups in total. The van der Waals surface area contributed by atoms with Gasteiger partial charge in [-0.25, -0.2) is 13.2 Å². The quantitative estimate of drug-likeness (QED) is 0.349. The Bertz CT molecular complexity index is 714. The third kappa shape index (κ3) is 3.84. The van der Waals surface area contributed by atoms with E-state index in [1.165, 1.54) is 0 Å². The highest BCUT2D eigenvalue weighted by Crippen LogP contribution is 2.35. The van der Waals surface area contributed by atoms with Crippen molar-refractivity contribution in [2.45, 2.75) is 17.7 Å². The highest BCUT2D eigenvalue weighted by molar-refractivity contribution is 8.13. The topological polar surface area (TPSA) is 104 Å². The lowest BCUT2D eigenvalue weighted by atomic mass is 10.2. The molecule has 1 aliphatic rings. The van der Waals surface area contributed by atoms with E-state index in [9.17, 15) is 23.3 Å². The summed E-state index contributed by atoms with van der Waals surface area (Å²) in [5, 5.41) is 10.2. The van der Waals surface area contributed by atoms with Crippen LogP contribution in [0, 0.1) is 16.0 Å². The number of rotatable bonds is 5. The Morgan fingerprint density at radius 3 is 2.52 bits per heavy atom. The normalized spacial score (nSPS) is 14.8. The minimum Gasteiger partial charge on any atom is -0.462 e. The second kappa shape index (κ2) is 5.78. The first-order chi connectivity index (χ1) is 9.70. The number of benzene rings is 1. The van der Waals surface area contributed by atoms with Crippen LogP contribution in [-0.4, -0.2) is 25.9 Å². The predicted octanol–water partition coefficient (Wildman–Crippen LogP) is 2.74. The Morgan fingerprint density at radius 1 is 1.43 bits per heavy atom. The highest BCUT2D eigenvalue weighted by atomic mass is 35.7. The number of ether oxygens (including phenoxy) is 1. The SMILES string of the molecule is O=C(OCC1CC1)c1cc([N+](=O)[O-])c(Cl)c(S(=O)(=O)Cl)c1. The van der Waals surface area contributed by atoms with Crippen LogP contribution in [-0.2, 0) is 13.8 Å². The maximum atomic E-state index is 11.8. The number of carbonyl (C=O) groups excluding carboxylic acids is 1. The van der Waals surface area contributed by atoms with Crippen LogP contribution in [0.1, 0.15) is 23.2 Å². The van der Waals surface area contributed by atoms with Gasteiger partial charge in [-0.1, -0.05) is 11.6 Å². The van der Waals surface area contributed by atoms with Crippen molar-refractivity contribution in [3.8, 4) is 0 Å². The van der Waals surface area contributed by atoms with Crippen molar-refractivity contribution in [1.82, 2.24) is 0 Å². The molecule has 1 aromatic carbocycles. The second-order valence-corrected chi connectivity index (χ2v) is 7.46. The number of halogens is 2. The average molecular weight is 354 g/mol. The van der Waals surface area contributed by atoms with Gasteiger partial charge in [-0.3, -0.25) is 10.1 Å². The van der Waals surface area contributed by atoms with Gasteiger partial charge in [0.2, 0.25) is 0 Å². The molecule has 0 heterocycles. The largest absolute Gasteiger partial charge is 0.462 e. The van der Waals surface area contributed by atoms with E-state index in [0.29, 0.717) is 5.92 Å². The van der Waals surface area contributed by atoms with Gasteiger partial charge in [0.15, 0.2) is 0 Å². The summed E-state index contributed by atoms with van der Waals surface area (Å²) >= 11 is 5.65. The lowest BCUT2D eigenvalue weighted by Crippen LogP contribution is -2.09. The molecular weight excluding hydrogens is 345 g/mol. The molecule has 0 amide bonds. The Morgan fingerprint density at radius 2 is 2.05 bits per heavy atom. The van der Waals surface area contributed by atoms with Crippen molar-refractivity contribution in [3.05, 3.63) is 32.8 Å². The van der Waals surface area contributed by atoms with E-state index >= 15 is 0 Å². The number of nitro groups is 1. The molecule has 1 aliphatic carbocycles.